The van der Waals surface area contributed by atoms with Crippen molar-refractivity contribution in [1.82, 2.24) is 0 Å². The zero-order valence-electron chi connectivity index (χ0n) is 7.45. The first kappa shape index (κ1) is 9.50. The lowest BCUT2D eigenvalue weighted by atomic mass is 10.1. The molecule has 0 aromatic rings. The summed E-state index contributed by atoms with van der Waals surface area (Å²) < 4.78 is 10.7. The number of nitrogens with zero attached hydrogens (tertiary/aromatic N) is 1. The van der Waals surface area contributed by atoms with Gasteiger partial charge in [-0.05, 0) is 19.8 Å². The van der Waals surface area contributed by atoms with Gasteiger partial charge in [-0.25, -0.2) is 0 Å². The molecule has 1 atom stereocenters. The standard InChI is InChI=1S/C9H15NO2/c1-8(6-10)7-12-9-2-4-11-5-3-9/h8-9H,2-5,7H2,1H3. The predicted molar refractivity (Wildman–Crippen MR) is 44.6 cm³/mol. The van der Waals surface area contributed by atoms with Crippen LogP contribution in [0.1, 0.15) is 19.8 Å². The summed E-state index contributed by atoms with van der Waals surface area (Å²) in [6, 6.07) is 2.15. The topological polar surface area (TPSA) is 42.2 Å². The van der Waals surface area contributed by atoms with E-state index in [1.54, 1.807) is 0 Å². The first-order chi connectivity index (χ1) is 5.83. The van der Waals surface area contributed by atoms with E-state index in [1.165, 1.54) is 0 Å². The third-order valence-corrected chi connectivity index (χ3v) is 1.97. The summed E-state index contributed by atoms with van der Waals surface area (Å²) in [5.74, 6) is 0.00726. The van der Waals surface area contributed by atoms with Gasteiger partial charge in [0.15, 0.2) is 0 Å². The molecule has 0 aromatic heterocycles. The molecule has 1 unspecified atom stereocenters. The molecule has 1 heterocycles. The molecule has 0 amide bonds. The SMILES string of the molecule is CC(C#N)COC1CCOCC1. The molecular formula is C9H15NO2. The smallest absolute Gasteiger partial charge is 0.0677 e. The second kappa shape index (κ2) is 5.13. The van der Waals surface area contributed by atoms with Gasteiger partial charge < -0.3 is 9.47 Å². The average Bonchev–Trinajstić information content (AvgIpc) is 2.16. The summed E-state index contributed by atoms with van der Waals surface area (Å²) in [4.78, 5) is 0. The molecule has 0 aliphatic carbocycles. The highest BCUT2D eigenvalue weighted by Crippen LogP contribution is 2.11. The van der Waals surface area contributed by atoms with Crippen LogP contribution in [0.15, 0.2) is 0 Å². The van der Waals surface area contributed by atoms with Crippen molar-refractivity contribution in [1.29, 1.82) is 5.26 Å². The normalized spacial score (nSPS) is 21.7. The Morgan fingerprint density at radius 2 is 2.25 bits per heavy atom. The van der Waals surface area contributed by atoms with E-state index in [2.05, 4.69) is 6.07 Å². The van der Waals surface area contributed by atoms with Crippen molar-refractivity contribution in [3.8, 4) is 6.07 Å². The number of rotatable bonds is 3. The second-order valence-corrected chi connectivity index (χ2v) is 3.18. The molecule has 3 heteroatoms. The van der Waals surface area contributed by atoms with E-state index < -0.39 is 0 Å². The molecule has 12 heavy (non-hydrogen) atoms. The van der Waals surface area contributed by atoms with Crippen molar-refractivity contribution >= 4 is 0 Å². The predicted octanol–water partition coefficient (Wildman–Crippen LogP) is 1.34. The molecule has 0 radical (unpaired) electrons. The Bertz CT molecular complexity index is 158. The van der Waals surface area contributed by atoms with Crippen LogP contribution in [0.4, 0.5) is 0 Å². The van der Waals surface area contributed by atoms with Gasteiger partial charge in [0.05, 0.1) is 24.7 Å². The third kappa shape index (κ3) is 3.21. The van der Waals surface area contributed by atoms with Gasteiger partial charge in [-0.2, -0.15) is 5.26 Å². The van der Waals surface area contributed by atoms with Crippen molar-refractivity contribution in [2.24, 2.45) is 5.92 Å². The lowest BCUT2D eigenvalue weighted by molar-refractivity contribution is -0.0368. The Morgan fingerprint density at radius 1 is 1.58 bits per heavy atom. The van der Waals surface area contributed by atoms with Gasteiger partial charge in [-0.15, -0.1) is 0 Å². The molecule has 1 fully saturated rings. The lowest BCUT2D eigenvalue weighted by Gasteiger charge is -2.22. The largest absolute Gasteiger partial charge is 0.381 e. The van der Waals surface area contributed by atoms with Crippen molar-refractivity contribution < 1.29 is 9.47 Å². The van der Waals surface area contributed by atoms with Crippen LogP contribution in [-0.2, 0) is 9.47 Å². The molecule has 0 spiro atoms. The summed E-state index contributed by atoms with van der Waals surface area (Å²) in [6.07, 6.45) is 2.26. The molecule has 1 aliphatic heterocycles. The van der Waals surface area contributed by atoms with E-state index in [1.807, 2.05) is 6.92 Å². The van der Waals surface area contributed by atoms with Gasteiger partial charge in [0.2, 0.25) is 0 Å². The number of hydrogen-bond donors (Lipinski definition) is 0. The Balaban J connectivity index is 2.10. The fourth-order valence-corrected chi connectivity index (χ4v) is 1.16. The number of nitriles is 1. The highest BCUT2D eigenvalue weighted by Gasteiger charge is 2.14. The first-order valence-electron chi connectivity index (χ1n) is 4.42. The van der Waals surface area contributed by atoms with Gasteiger partial charge >= 0.3 is 0 Å². The van der Waals surface area contributed by atoms with Gasteiger partial charge in [-0.1, -0.05) is 0 Å². The molecule has 0 bridgehead atoms. The third-order valence-electron chi connectivity index (χ3n) is 1.97. The van der Waals surface area contributed by atoms with Gasteiger partial charge in [0.25, 0.3) is 0 Å². The molecule has 1 saturated heterocycles. The van der Waals surface area contributed by atoms with E-state index in [9.17, 15) is 0 Å². The van der Waals surface area contributed by atoms with Crippen molar-refractivity contribution in [3.63, 3.8) is 0 Å². The fraction of sp³-hybridized carbons (Fsp3) is 0.889. The summed E-state index contributed by atoms with van der Waals surface area (Å²) >= 11 is 0. The Morgan fingerprint density at radius 3 is 2.83 bits per heavy atom. The summed E-state index contributed by atoms with van der Waals surface area (Å²) in [5.41, 5.74) is 0. The summed E-state index contributed by atoms with van der Waals surface area (Å²) in [6.45, 7) is 4.03. The molecule has 0 saturated carbocycles. The molecule has 3 nitrogen and oxygen atoms in total. The monoisotopic (exact) mass is 169 g/mol. The van der Waals surface area contributed by atoms with Crippen LogP contribution >= 0.6 is 0 Å². The summed E-state index contributed by atoms with van der Waals surface area (Å²) in [5, 5.41) is 8.51. The number of hydrogen-bond acceptors (Lipinski definition) is 3. The van der Waals surface area contributed by atoms with Gasteiger partial charge in [0, 0.05) is 13.2 Å². The molecule has 0 aromatic carbocycles. The molecule has 0 N–H and O–H groups in total. The van der Waals surface area contributed by atoms with E-state index in [4.69, 9.17) is 14.7 Å². The molecular weight excluding hydrogens is 154 g/mol. The fourth-order valence-electron chi connectivity index (χ4n) is 1.16. The maximum Gasteiger partial charge on any atom is 0.0677 e. The number of ether oxygens (including phenoxy) is 2. The maximum atomic E-state index is 8.51. The highest BCUT2D eigenvalue weighted by atomic mass is 16.5. The van der Waals surface area contributed by atoms with Gasteiger partial charge in [0.1, 0.15) is 0 Å². The van der Waals surface area contributed by atoms with Crippen LogP contribution < -0.4 is 0 Å². The second-order valence-electron chi connectivity index (χ2n) is 3.18. The minimum Gasteiger partial charge on any atom is -0.381 e. The first-order valence-corrected chi connectivity index (χ1v) is 4.42. The Hall–Kier alpha value is -0.590. The average molecular weight is 169 g/mol. The lowest BCUT2D eigenvalue weighted by Crippen LogP contribution is -2.25. The quantitative estimate of drug-likeness (QED) is 0.640. The molecule has 1 aliphatic rings. The highest BCUT2D eigenvalue weighted by molar-refractivity contribution is 4.78. The Labute approximate surface area is 73.3 Å². The van der Waals surface area contributed by atoms with Crippen LogP contribution in [-0.4, -0.2) is 25.9 Å². The summed E-state index contributed by atoms with van der Waals surface area (Å²) in [7, 11) is 0. The maximum absolute atomic E-state index is 8.51. The van der Waals surface area contributed by atoms with E-state index in [0.717, 1.165) is 26.1 Å². The van der Waals surface area contributed by atoms with E-state index >= 15 is 0 Å². The van der Waals surface area contributed by atoms with Crippen LogP contribution in [0.25, 0.3) is 0 Å². The van der Waals surface area contributed by atoms with Crippen LogP contribution in [0, 0.1) is 17.2 Å². The van der Waals surface area contributed by atoms with Crippen molar-refractivity contribution in [3.05, 3.63) is 0 Å². The molecule has 1 rings (SSSR count). The Kier molecular flexibility index (Phi) is 4.06. The minimum atomic E-state index is 0.00726. The zero-order chi connectivity index (χ0) is 8.81. The molecule has 68 valence electrons. The van der Waals surface area contributed by atoms with Crippen LogP contribution in [0.5, 0.6) is 0 Å². The zero-order valence-corrected chi connectivity index (χ0v) is 7.45. The van der Waals surface area contributed by atoms with Crippen molar-refractivity contribution in [2.45, 2.75) is 25.9 Å². The minimum absolute atomic E-state index is 0.00726. The van der Waals surface area contributed by atoms with Crippen molar-refractivity contribution in [2.75, 3.05) is 19.8 Å². The van der Waals surface area contributed by atoms with Crippen LogP contribution in [0.3, 0.4) is 0 Å². The van der Waals surface area contributed by atoms with Gasteiger partial charge in [-0.3, -0.25) is 0 Å². The van der Waals surface area contributed by atoms with E-state index in [0.29, 0.717) is 12.7 Å². The van der Waals surface area contributed by atoms with Crippen LogP contribution in [0.2, 0.25) is 0 Å². The van der Waals surface area contributed by atoms with E-state index in [-0.39, 0.29) is 5.92 Å².